The van der Waals surface area contributed by atoms with Gasteiger partial charge in [-0.25, -0.2) is 15.0 Å². The number of fused-ring (bicyclic) bond motifs is 8. The fraction of sp³-hybridized carbons (Fsp3) is 0. The Bertz CT molecular complexity index is 3610. The van der Waals surface area contributed by atoms with E-state index in [9.17, 15) is 0 Å². The summed E-state index contributed by atoms with van der Waals surface area (Å²) in [7, 11) is 0. The van der Waals surface area contributed by atoms with Crippen molar-refractivity contribution in [3.8, 4) is 67.4 Å². The highest BCUT2D eigenvalue weighted by Crippen LogP contribution is 2.45. The smallest absolute Gasteiger partial charge is 0.160 e. The lowest BCUT2D eigenvalue weighted by Crippen LogP contribution is -1.96. The molecule has 0 bridgehead atoms. The van der Waals surface area contributed by atoms with Crippen LogP contribution in [0.1, 0.15) is 0 Å². The van der Waals surface area contributed by atoms with E-state index >= 15 is 0 Å². The Hall–Kier alpha value is -8.21. The van der Waals surface area contributed by atoms with Crippen molar-refractivity contribution in [3.63, 3.8) is 0 Å². The number of para-hydroxylation sites is 1. The van der Waals surface area contributed by atoms with E-state index in [-0.39, 0.29) is 0 Å². The molecule has 0 spiro atoms. The van der Waals surface area contributed by atoms with E-state index in [1.54, 1.807) is 0 Å². The zero-order valence-corrected chi connectivity index (χ0v) is 33.0. The van der Waals surface area contributed by atoms with Gasteiger partial charge in [-0.3, -0.25) is 0 Å². The van der Waals surface area contributed by atoms with Crippen LogP contribution in [0, 0.1) is 0 Å². The third-order valence-electron chi connectivity index (χ3n) is 11.9. The molecule has 0 atom stereocenters. The summed E-state index contributed by atoms with van der Waals surface area (Å²) in [5.41, 5.74) is 13.8. The van der Waals surface area contributed by atoms with Gasteiger partial charge < -0.3 is 4.42 Å². The standard InChI is InChI=1S/C57H35N3O/c1-3-14-36(15-4-1)37-26-30-40(31-27-37)51-35-50(39-16-5-2-6-17-39)59-57(60-51)41-32-28-38(29-33-41)44-23-13-24-49-53(44)56-54(47-22-11-12-25-52(47)61-56)55(58-49)48-34-42-18-7-8-19-43(42)45-20-9-10-21-46(45)48/h1-35H. The summed E-state index contributed by atoms with van der Waals surface area (Å²) in [6.07, 6.45) is 0. The molecule has 9 aromatic carbocycles. The molecule has 0 unspecified atom stereocenters. The zero-order chi connectivity index (χ0) is 40.3. The molecule has 3 heterocycles. The van der Waals surface area contributed by atoms with Crippen molar-refractivity contribution in [2.75, 3.05) is 0 Å². The second-order valence-electron chi connectivity index (χ2n) is 15.5. The predicted octanol–water partition coefficient (Wildman–Crippen LogP) is 15.2. The Labute approximate surface area is 352 Å². The molecule has 0 saturated heterocycles. The third kappa shape index (κ3) is 5.96. The normalized spacial score (nSPS) is 11.6. The molecule has 4 nitrogen and oxygen atoms in total. The molecule has 4 heteroatoms. The molecule has 0 fully saturated rings. The lowest BCUT2D eigenvalue weighted by molar-refractivity contribution is 0.672. The summed E-state index contributed by atoms with van der Waals surface area (Å²) >= 11 is 0. The molecule has 12 rings (SSSR count). The number of benzene rings is 9. The fourth-order valence-electron chi connectivity index (χ4n) is 8.93. The minimum atomic E-state index is 0.668. The minimum absolute atomic E-state index is 0.668. The first-order chi connectivity index (χ1) is 30.2. The Morgan fingerprint density at radius 2 is 0.885 bits per heavy atom. The van der Waals surface area contributed by atoms with Gasteiger partial charge in [0.15, 0.2) is 5.82 Å². The number of pyridine rings is 1. The molecule has 0 aliphatic rings. The number of hydrogen-bond donors (Lipinski definition) is 0. The minimum Gasteiger partial charge on any atom is -0.455 e. The van der Waals surface area contributed by atoms with Crippen molar-refractivity contribution in [2.45, 2.75) is 0 Å². The third-order valence-corrected chi connectivity index (χ3v) is 11.9. The Morgan fingerprint density at radius 3 is 1.64 bits per heavy atom. The molecule has 0 saturated carbocycles. The van der Waals surface area contributed by atoms with Crippen LogP contribution in [0.4, 0.5) is 0 Å². The van der Waals surface area contributed by atoms with Crippen molar-refractivity contribution in [2.24, 2.45) is 0 Å². The van der Waals surface area contributed by atoms with Gasteiger partial charge in [0.05, 0.1) is 33.4 Å². The van der Waals surface area contributed by atoms with Gasteiger partial charge in [0.1, 0.15) is 11.2 Å². The first-order valence-electron chi connectivity index (χ1n) is 20.6. The Balaban J connectivity index is 1.00. The lowest BCUT2D eigenvalue weighted by atomic mass is 9.92. The number of hydrogen-bond acceptors (Lipinski definition) is 4. The van der Waals surface area contributed by atoms with Gasteiger partial charge >= 0.3 is 0 Å². The molecule has 0 aliphatic carbocycles. The van der Waals surface area contributed by atoms with Crippen molar-refractivity contribution < 1.29 is 4.42 Å². The second-order valence-corrected chi connectivity index (χ2v) is 15.5. The highest BCUT2D eigenvalue weighted by molar-refractivity contribution is 6.25. The molecule has 12 aromatic rings. The highest BCUT2D eigenvalue weighted by atomic mass is 16.3. The SMILES string of the molecule is c1ccc(-c2ccc(-c3cc(-c4ccccc4)nc(-c4ccc(-c5cccc6nc(-c7cc8ccccc8c8ccccc78)c7c8ccccc8oc7c56)cc4)n3)cc2)cc1. The largest absolute Gasteiger partial charge is 0.455 e. The van der Waals surface area contributed by atoms with Crippen LogP contribution in [0.25, 0.3) is 122 Å². The Morgan fingerprint density at radius 1 is 0.328 bits per heavy atom. The Kier molecular flexibility index (Phi) is 8.13. The predicted molar refractivity (Wildman–Crippen MR) is 252 cm³/mol. The van der Waals surface area contributed by atoms with Gasteiger partial charge in [0.2, 0.25) is 0 Å². The lowest BCUT2D eigenvalue weighted by Gasteiger charge is -2.14. The maximum absolute atomic E-state index is 6.87. The van der Waals surface area contributed by atoms with Gasteiger partial charge in [-0.1, -0.05) is 188 Å². The van der Waals surface area contributed by atoms with Crippen LogP contribution in [0.2, 0.25) is 0 Å². The van der Waals surface area contributed by atoms with Crippen LogP contribution in [0.15, 0.2) is 217 Å². The van der Waals surface area contributed by atoms with Crippen LogP contribution >= 0.6 is 0 Å². The summed E-state index contributed by atoms with van der Waals surface area (Å²) < 4.78 is 6.87. The quantitative estimate of drug-likeness (QED) is 0.158. The van der Waals surface area contributed by atoms with Crippen LogP contribution in [0.5, 0.6) is 0 Å². The van der Waals surface area contributed by atoms with Crippen LogP contribution in [-0.4, -0.2) is 15.0 Å². The average Bonchev–Trinajstić information content (AvgIpc) is 3.74. The molecule has 3 aromatic heterocycles. The zero-order valence-electron chi connectivity index (χ0n) is 33.0. The van der Waals surface area contributed by atoms with E-state index in [0.29, 0.717) is 5.82 Å². The first-order valence-corrected chi connectivity index (χ1v) is 20.6. The number of aromatic nitrogens is 3. The topological polar surface area (TPSA) is 51.8 Å². The van der Waals surface area contributed by atoms with Crippen LogP contribution in [-0.2, 0) is 0 Å². The maximum atomic E-state index is 6.87. The van der Waals surface area contributed by atoms with Crippen molar-refractivity contribution >= 4 is 54.4 Å². The van der Waals surface area contributed by atoms with Crippen LogP contribution < -0.4 is 0 Å². The molecule has 0 amide bonds. The summed E-state index contributed by atoms with van der Waals surface area (Å²) in [6, 6.07) is 74.2. The monoisotopic (exact) mass is 777 g/mol. The van der Waals surface area contributed by atoms with Crippen molar-refractivity contribution in [3.05, 3.63) is 212 Å². The maximum Gasteiger partial charge on any atom is 0.160 e. The number of furan rings is 1. The van der Waals surface area contributed by atoms with Gasteiger partial charge in [0, 0.05) is 27.6 Å². The van der Waals surface area contributed by atoms with E-state index < -0.39 is 0 Å². The van der Waals surface area contributed by atoms with E-state index in [0.717, 1.165) is 88.7 Å². The summed E-state index contributed by atoms with van der Waals surface area (Å²) in [6.45, 7) is 0. The number of rotatable bonds is 6. The van der Waals surface area contributed by atoms with Gasteiger partial charge in [-0.15, -0.1) is 0 Å². The summed E-state index contributed by atoms with van der Waals surface area (Å²) in [4.78, 5) is 15.8. The molecule has 0 radical (unpaired) electrons. The van der Waals surface area contributed by atoms with Crippen molar-refractivity contribution in [1.29, 1.82) is 0 Å². The van der Waals surface area contributed by atoms with E-state index in [1.165, 1.54) is 27.3 Å². The number of nitrogens with zero attached hydrogens (tertiary/aromatic N) is 3. The van der Waals surface area contributed by atoms with Gasteiger partial charge in [-0.2, -0.15) is 0 Å². The molecule has 0 N–H and O–H groups in total. The summed E-state index contributed by atoms with van der Waals surface area (Å²) in [5, 5.41) is 7.83. The average molecular weight is 778 g/mol. The molecular formula is C57H35N3O. The molecule has 0 aliphatic heterocycles. The van der Waals surface area contributed by atoms with Gasteiger partial charge in [0.25, 0.3) is 0 Å². The van der Waals surface area contributed by atoms with Crippen LogP contribution in [0.3, 0.4) is 0 Å². The van der Waals surface area contributed by atoms with Gasteiger partial charge in [-0.05, 0) is 68.1 Å². The highest BCUT2D eigenvalue weighted by Gasteiger charge is 2.22. The van der Waals surface area contributed by atoms with E-state index in [4.69, 9.17) is 19.4 Å². The van der Waals surface area contributed by atoms with Crippen molar-refractivity contribution in [1.82, 2.24) is 15.0 Å². The fourth-order valence-corrected chi connectivity index (χ4v) is 8.93. The first kappa shape index (κ1) is 34.8. The van der Waals surface area contributed by atoms with E-state index in [1.807, 2.05) is 30.3 Å². The van der Waals surface area contributed by atoms with E-state index in [2.05, 4.69) is 182 Å². The molecule has 284 valence electrons. The molecular weight excluding hydrogens is 743 g/mol. The second kappa shape index (κ2) is 14.3. The summed E-state index contributed by atoms with van der Waals surface area (Å²) in [5.74, 6) is 0.668. The molecule has 61 heavy (non-hydrogen) atoms.